The Morgan fingerprint density at radius 3 is 2.47 bits per heavy atom. The second kappa shape index (κ2) is 4.68. The second-order valence-electron chi connectivity index (χ2n) is 2.92. The largest absolute Gasteiger partial charge is 0.348 e. The SMILES string of the molecule is ClCc1c(-c2ccc(Br)cc2)noc1Br. The number of halogens is 3. The molecule has 1 aromatic heterocycles. The van der Waals surface area contributed by atoms with Gasteiger partial charge in [-0.2, -0.15) is 0 Å². The molecule has 0 N–H and O–H groups in total. The first-order valence-electron chi connectivity index (χ1n) is 4.18. The summed E-state index contributed by atoms with van der Waals surface area (Å²) in [5.41, 5.74) is 2.65. The second-order valence-corrected chi connectivity index (χ2v) is 4.83. The molecule has 0 saturated carbocycles. The molecule has 0 radical (unpaired) electrons. The molecule has 0 aliphatic heterocycles. The summed E-state index contributed by atoms with van der Waals surface area (Å²) in [6, 6.07) is 7.83. The molecule has 0 aliphatic carbocycles. The van der Waals surface area contributed by atoms with Crippen LogP contribution >= 0.6 is 43.5 Å². The average Bonchev–Trinajstić information content (AvgIpc) is 2.61. The number of nitrogens with zero attached hydrogens (tertiary/aromatic N) is 1. The Balaban J connectivity index is 2.49. The van der Waals surface area contributed by atoms with Crippen LogP contribution in [0, 0.1) is 0 Å². The molecule has 2 rings (SSSR count). The van der Waals surface area contributed by atoms with Gasteiger partial charge in [-0.15, -0.1) is 11.6 Å². The third-order valence-corrected chi connectivity index (χ3v) is 3.41. The summed E-state index contributed by atoms with van der Waals surface area (Å²) in [5.74, 6) is 0.371. The summed E-state index contributed by atoms with van der Waals surface area (Å²) in [6.07, 6.45) is 0. The molecule has 78 valence electrons. The Morgan fingerprint density at radius 1 is 1.20 bits per heavy atom. The molecule has 0 saturated heterocycles. The highest BCUT2D eigenvalue weighted by Crippen LogP contribution is 2.30. The lowest BCUT2D eigenvalue weighted by Gasteiger charge is -1.98. The van der Waals surface area contributed by atoms with Crippen LogP contribution in [0.2, 0.25) is 0 Å². The van der Waals surface area contributed by atoms with Crippen LogP contribution in [0.5, 0.6) is 0 Å². The first-order valence-corrected chi connectivity index (χ1v) is 6.30. The number of aromatic nitrogens is 1. The van der Waals surface area contributed by atoms with Gasteiger partial charge in [-0.05, 0) is 28.1 Å². The van der Waals surface area contributed by atoms with Crippen molar-refractivity contribution in [1.29, 1.82) is 0 Å². The van der Waals surface area contributed by atoms with Gasteiger partial charge in [-0.3, -0.25) is 0 Å². The van der Waals surface area contributed by atoms with E-state index in [0.29, 0.717) is 10.5 Å². The van der Waals surface area contributed by atoms with Crippen LogP contribution in [-0.4, -0.2) is 5.16 Å². The first kappa shape index (κ1) is 11.2. The highest BCUT2D eigenvalue weighted by Gasteiger charge is 2.14. The molecule has 2 nitrogen and oxygen atoms in total. The zero-order chi connectivity index (χ0) is 10.8. The van der Waals surface area contributed by atoms with E-state index < -0.39 is 0 Å². The van der Waals surface area contributed by atoms with Gasteiger partial charge in [0.05, 0.1) is 5.88 Å². The zero-order valence-electron chi connectivity index (χ0n) is 7.51. The summed E-state index contributed by atoms with van der Waals surface area (Å²) in [7, 11) is 0. The van der Waals surface area contributed by atoms with Crippen LogP contribution in [-0.2, 0) is 5.88 Å². The van der Waals surface area contributed by atoms with E-state index >= 15 is 0 Å². The molecule has 15 heavy (non-hydrogen) atoms. The van der Waals surface area contributed by atoms with Gasteiger partial charge in [-0.1, -0.05) is 33.2 Å². The van der Waals surface area contributed by atoms with E-state index in [-0.39, 0.29) is 0 Å². The number of hydrogen-bond donors (Lipinski definition) is 0. The number of alkyl halides is 1. The Labute approximate surface area is 109 Å². The standard InChI is InChI=1S/C10H6Br2ClNO/c11-7-3-1-6(2-4-7)9-8(5-13)10(12)15-14-9/h1-4H,5H2. The predicted octanol–water partition coefficient (Wildman–Crippen LogP) is 4.61. The van der Waals surface area contributed by atoms with Gasteiger partial charge in [0.2, 0.25) is 4.67 Å². The minimum atomic E-state index is 0.371. The molecule has 0 aliphatic rings. The minimum Gasteiger partial charge on any atom is -0.348 e. The van der Waals surface area contributed by atoms with Crippen LogP contribution in [0.1, 0.15) is 5.56 Å². The van der Waals surface area contributed by atoms with Crippen molar-refractivity contribution < 1.29 is 4.52 Å². The fraction of sp³-hybridized carbons (Fsp3) is 0.100. The molecule has 0 atom stereocenters. The quantitative estimate of drug-likeness (QED) is 0.739. The number of benzene rings is 1. The summed E-state index contributed by atoms with van der Waals surface area (Å²) >= 11 is 12.5. The lowest BCUT2D eigenvalue weighted by molar-refractivity contribution is 0.401. The van der Waals surface area contributed by atoms with Crippen molar-refractivity contribution in [2.75, 3.05) is 0 Å². The molecule has 2 aromatic rings. The van der Waals surface area contributed by atoms with Crippen molar-refractivity contribution in [2.45, 2.75) is 5.88 Å². The van der Waals surface area contributed by atoms with Crippen molar-refractivity contribution in [3.05, 3.63) is 39.0 Å². The van der Waals surface area contributed by atoms with Crippen LogP contribution in [0.15, 0.2) is 37.9 Å². The molecule has 0 fully saturated rings. The summed E-state index contributed by atoms with van der Waals surface area (Å²) in [4.78, 5) is 0. The van der Waals surface area contributed by atoms with Crippen molar-refractivity contribution >= 4 is 43.5 Å². The fourth-order valence-corrected chi connectivity index (χ4v) is 2.31. The van der Waals surface area contributed by atoms with E-state index in [9.17, 15) is 0 Å². The summed E-state index contributed by atoms with van der Waals surface area (Å²) < 4.78 is 6.66. The maximum absolute atomic E-state index is 5.82. The van der Waals surface area contributed by atoms with E-state index in [0.717, 1.165) is 21.3 Å². The maximum atomic E-state index is 5.82. The van der Waals surface area contributed by atoms with Crippen molar-refractivity contribution in [3.8, 4) is 11.3 Å². The third kappa shape index (κ3) is 2.27. The van der Waals surface area contributed by atoms with E-state index in [1.165, 1.54) is 0 Å². The third-order valence-electron chi connectivity index (χ3n) is 1.99. The van der Waals surface area contributed by atoms with Crippen molar-refractivity contribution in [3.63, 3.8) is 0 Å². The average molecular weight is 351 g/mol. The molecular weight excluding hydrogens is 345 g/mol. The minimum absolute atomic E-state index is 0.371. The number of rotatable bonds is 2. The monoisotopic (exact) mass is 349 g/mol. The smallest absolute Gasteiger partial charge is 0.206 e. The predicted molar refractivity (Wildman–Crippen MR) is 66.9 cm³/mol. The Hall–Kier alpha value is -0.320. The molecule has 5 heteroatoms. The molecule has 0 amide bonds. The lowest BCUT2D eigenvalue weighted by Crippen LogP contribution is -1.83. The van der Waals surface area contributed by atoms with Crippen LogP contribution in [0.3, 0.4) is 0 Å². The molecular formula is C10H6Br2ClNO. The van der Waals surface area contributed by atoms with E-state index in [1.54, 1.807) is 0 Å². The maximum Gasteiger partial charge on any atom is 0.206 e. The van der Waals surface area contributed by atoms with Gasteiger partial charge in [0.15, 0.2) is 0 Å². The van der Waals surface area contributed by atoms with Crippen molar-refractivity contribution in [1.82, 2.24) is 5.16 Å². The lowest BCUT2D eigenvalue weighted by atomic mass is 10.1. The van der Waals surface area contributed by atoms with E-state index in [1.807, 2.05) is 24.3 Å². The topological polar surface area (TPSA) is 26.0 Å². The Bertz CT molecular complexity index is 467. The van der Waals surface area contributed by atoms with Crippen molar-refractivity contribution in [2.24, 2.45) is 0 Å². The van der Waals surface area contributed by atoms with E-state index in [4.69, 9.17) is 16.1 Å². The van der Waals surface area contributed by atoms with Gasteiger partial charge in [0.25, 0.3) is 0 Å². The summed E-state index contributed by atoms with van der Waals surface area (Å²) in [6.45, 7) is 0. The highest BCUT2D eigenvalue weighted by atomic mass is 79.9. The van der Waals surface area contributed by atoms with Gasteiger partial charge in [-0.25, -0.2) is 0 Å². The van der Waals surface area contributed by atoms with Crippen LogP contribution in [0.4, 0.5) is 0 Å². The van der Waals surface area contributed by atoms with Gasteiger partial charge >= 0.3 is 0 Å². The normalized spacial score (nSPS) is 10.6. The number of hydrogen-bond acceptors (Lipinski definition) is 2. The molecule has 0 unspecified atom stereocenters. The van der Waals surface area contributed by atoms with Gasteiger partial charge in [0, 0.05) is 15.6 Å². The van der Waals surface area contributed by atoms with Crippen LogP contribution < -0.4 is 0 Å². The molecule has 0 spiro atoms. The van der Waals surface area contributed by atoms with Gasteiger partial charge in [0.1, 0.15) is 5.69 Å². The van der Waals surface area contributed by atoms with E-state index in [2.05, 4.69) is 37.0 Å². The fourth-order valence-electron chi connectivity index (χ4n) is 1.24. The Morgan fingerprint density at radius 2 is 1.87 bits per heavy atom. The molecule has 1 heterocycles. The van der Waals surface area contributed by atoms with Crippen LogP contribution in [0.25, 0.3) is 11.3 Å². The summed E-state index contributed by atoms with van der Waals surface area (Å²) in [5, 5.41) is 3.96. The first-order chi connectivity index (χ1) is 7.22. The highest BCUT2D eigenvalue weighted by molar-refractivity contribution is 9.10. The zero-order valence-corrected chi connectivity index (χ0v) is 11.4. The molecule has 0 bridgehead atoms. The van der Waals surface area contributed by atoms with Gasteiger partial charge < -0.3 is 4.52 Å². The molecule has 1 aromatic carbocycles. The Kier molecular flexibility index (Phi) is 3.49.